The first-order chi connectivity index (χ1) is 11.8. The van der Waals surface area contributed by atoms with Crippen LogP contribution in [0.5, 0.6) is 0 Å². The largest absolute Gasteiger partial charge is 0.472 e. The summed E-state index contributed by atoms with van der Waals surface area (Å²) in [4.78, 5) is 12.3. The highest BCUT2D eigenvalue weighted by molar-refractivity contribution is 5.94. The van der Waals surface area contributed by atoms with Gasteiger partial charge in [-0.1, -0.05) is 30.3 Å². The Bertz CT molecular complexity index is 822. The molecule has 1 N–H and O–H groups in total. The van der Waals surface area contributed by atoms with E-state index in [1.54, 1.807) is 6.07 Å². The summed E-state index contributed by atoms with van der Waals surface area (Å²) in [5.74, 6) is -0.0996. The van der Waals surface area contributed by atoms with Crippen molar-refractivity contribution >= 4 is 5.91 Å². The minimum absolute atomic E-state index is 0.0145. The van der Waals surface area contributed by atoms with Gasteiger partial charge in [0.15, 0.2) is 0 Å². The van der Waals surface area contributed by atoms with Gasteiger partial charge in [0, 0.05) is 11.3 Å². The highest BCUT2D eigenvalue weighted by Crippen LogP contribution is 2.30. The van der Waals surface area contributed by atoms with E-state index in [4.69, 9.17) is 4.42 Å². The van der Waals surface area contributed by atoms with Gasteiger partial charge in [-0.2, -0.15) is 5.10 Å². The molecule has 0 saturated carbocycles. The van der Waals surface area contributed by atoms with E-state index < -0.39 is 0 Å². The number of rotatable bonds is 4. The van der Waals surface area contributed by atoms with Crippen LogP contribution in [-0.4, -0.2) is 15.7 Å². The molecule has 122 valence electrons. The fourth-order valence-corrected chi connectivity index (χ4v) is 3.30. The maximum absolute atomic E-state index is 12.3. The van der Waals surface area contributed by atoms with Crippen LogP contribution in [0, 0.1) is 0 Å². The molecular formula is C19H19N3O2. The van der Waals surface area contributed by atoms with E-state index >= 15 is 0 Å². The molecule has 5 nitrogen and oxygen atoms in total. The standard InChI is InChI=1S/C19H19N3O2/c23-19(15-9-10-24-13-15)21-17-7-4-8-18-16(17)11-20-22(18)12-14-5-2-1-3-6-14/h1-3,5-6,9-11,13,17H,4,7-8,12H2,(H,21,23). The van der Waals surface area contributed by atoms with Gasteiger partial charge in [-0.25, -0.2) is 0 Å². The summed E-state index contributed by atoms with van der Waals surface area (Å²) in [7, 11) is 0. The van der Waals surface area contributed by atoms with Crippen molar-refractivity contribution in [2.24, 2.45) is 0 Å². The summed E-state index contributed by atoms with van der Waals surface area (Å²) in [6.07, 6.45) is 7.87. The first-order valence-corrected chi connectivity index (χ1v) is 8.23. The van der Waals surface area contributed by atoms with E-state index in [0.717, 1.165) is 31.4 Å². The molecule has 1 aliphatic rings. The van der Waals surface area contributed by atoms with Gasteiger partial charge in [-0.05, 0) is 30.9 Å². The molecule has 2 heterocycles. The molecule has 2 aromatic heterocycles. The van der Waals surface area contributed by atoms with Crippen LogP contribution >= 0.6 is 0 Å². The van der Waals surface area contributed by atoms with Gasteiger partial charge in [0.2, 0.25) is 0 Å². The van der Waals surface area contributed by atoms with E-state index in [9.17, 15) is 4.79 Å². The van der Waals surface area contributed by atoms with Crippen LogP contribution in [0.3, 0.4) is 0 Å². The number of furan rings is 1. The van der Waals surface area contributed by atoms with E-state index in [-0.39, 0.29) is 11.9 Å². The Kier molecular flexibility index (Phi) is 3.91. The molecule has 3 aromatic rings. The summed E-state index contributed by atoms with van der Waals surface area (Å²) in [5, 5.41) is 7.66. The third-order valence-electron chi connectivity index (χ3n) is 4.53. The number of fused-ring (bicyclic) bond motifs is 1. The topological polar surface area (TPSA) is 60.1 Å². The second-order valence-electron chi connectivity index (χ2n) is 6.12. The van der Waals surface area contributed by atoms with Crippen LogP contribution in [0.4, 0.5) is 0 Å². The first-order valence-electron chi connectivity index (χ1n) is 8.23. The molecule has 1 atom stereocenters. The summed E-state index contributed by atoms with van der Waals surface area (Å²) in [5.41, 5.74) is 4.14. The van der Waals surface area contributed by atoms with Crippen molar-refractivity contribution in [3.05, 3.63) is 77.5 Å². The number of nitrogens with zero attached hydrogens (tertiary/aromatic N) is 2. The van der Waals surface area contributed by atoms with E-state index in [2.05, 4.69) is 27.2 Å². The van der Waals surface area contributed by atoms with Crippen molar-refractivity contribution in [2.45, 2.75) is 31.8 Å². The number of hydrogen-bond acceptors (Lipinski definition) is 3. The molecule has 24 heavy (non-hydrogen) atoms. The zero-order chi connectivity index (χ0) is 16.4. The van der Waals surface area contributed by atoms with E-state index in [1.807, 2.05) is 24.4 Å². The normalized spacial score (nSPS) is 16.6. The van der Waals surface area contributed by atoms with Crippen LogP contribution < -0.4 is 5.32 Å². The molecule has 1 aliphatic carbocycles. The predicted molar refractivity (Wildman–Crippen MR) is 89.6 cm³/mol. The Labute approximate surface area is 140 Å². The lowest BCUT2D eigenvalue weighted by Gasteiger charge is -2.24. The lowest BCUT2D eigenvalue weighted by Crippen LogP contribution is -2.30. The number of carbonyl (C=O) groups excluding carboxylic acids is 1. The molecule has 0 bridgehead atoms. The summed E-state index contributed by atoms with van der Waals surface area (Å²) in [6, 6.07) is 12.0. The molecule has 0 spiro atoms. The molecule has 0 aliphatic heterocycles. The van der Waals surface area contributed by atoms with Crippen LogP contribution in [0.15, 0.2) is 59.5 Å². The third kappa shape index (κ3) is 2.85. The highest BCUT2D eigenvalue weighted by Gasteiger charge is 2.26. The molecule has 5 heteroatoms. The SMILES string of the molecule is O=C(NC1CCCc2c1cnn2Cc1ccccc1)c1ccoc1. The van der Waals surface area contributed by atoms with Crippen molar-refractivity contribution in [3.63, 3.8) is 0 Å². The third-order valence-corrected chi connectivity index (χ3v) is 4.53. The van der Waals surface area contributed by atoms with Gasteiger partial charge in [0.1, 0.15) is 6.26 Å². The van der Waals surface area contributed by atoms with Gasteiger partial charge in [-0.3, -0.25) is 9.48 Å². The zero-order valence-electron chi connectivity index (χ0n) is 13.3. The molecule has 4 rings (SSSR count). The quantitative estimate of drug-likeness (QED) is 0.802. The van der Waals surface area contributed by atoms with Crippen molar-refractivity contribution in [3.8, 4) is 0 Å². The number of hydrogen-bond donors (Lipinski definition) is 1. The monoisotopic (exact) mass is 321 g/mol. The molecule has 0 fully saturated rings. The predicted octanol–water partition coefficient (Wildman–Crippen LogP) is 3.33. The highest BCUT2D eigenvalue weighted by atomic mass is 16.3. The van der Waals surface area contributed by atoms with Gasteiger partial charge in [0.05, 0.1) is 30.6 Å². The van der Waals surface area contributed by atoms with Gasteiger partial charge in [0.25, 0.3) is 5.91 Å². The van der Waals surface area contributed by atoms with Gasteiger partial charge in [-0.15, -0.1) is 0 Å². The Morgan fingerprint density at radius 2 is 2.17 bits per heavy atom. The Hall–Kier alpha value is -2.82. The maximum Gasteiger partial charge on any atom is 0.255 e. The van der Waals surface area contributed by atoms with E-state index in [0.29, 0.717) is 5.56 Å². The summed E-state index contributed by atoms with van der Waals surface area (Å²) < 4.78 is 7.04. The van der Waals surface area contributed by atoms with Crippen LogP contribution in [0.2, 0.25) is 0 Å². The number of nitrogens with one attached hydrogen (secondary N) is 1. The van der Waals surface area contributed by atoms with Crippen LogP contribution in [0.1, 0.15) is 46.1 Å². The second kappa shape index (κ2) is 6.35. The molecule has 1 unspecified atom stereocenters. The first kappa shape index (κ1) is 14.8. The lowest BCUT2D eigenvalue weighted by molar-refractivity contribution is 0.0932. The van der Waals surface area contributed by atoms with Crippen molar-refractivity contribution in [1.29, 1.82) is 0 Å². The zero-order valence-corrected chi connectivity index (χ0v) is 13.3. The summed E-state index contributed by atoms with van der Waals surface area (Å²) in [6.45, 7) is 0.762. The van der Waals surface area contributed by atoms with Crippen molar-refractivity contribution in [1.82, 2.24) is 15.1 Å². The average Bonchev–Trinajstić information content (AvgIpc) is 3.27. The molecule has 0 saturated heterocycles. The Morgan fingerprint density at radius 3 is 2.96 bits per heavy atom. The second-order valence-corrected chi connectivity index (χ2v) is 6.12. The molecule has 1 aromatic carbocycles. The number of aromatic nitrogens is 2. The van der Waals surface area contributed by atoms with Gasteiger partial charge < -0.3 is 9.73 Å². The van der Waals surface area contributed by atoms with Crippen LogP contribution in [-0.2, 0) is 13.0 Å². The smallest absolute Gasteiger partial charge is 0.255 e. The average molecular weight is 321 g/mol. The number of amides is 1. The maximum atomic E-state index is 12.3. The summed E-state index contributed by atoms with van der Waals surface area (Å²) >= 11 is 0. The van der Waals surface area contributed by atoms with E-state index in [1.165, 1.54) is 23.8 Å². The van der Waals surface area contributed by atoms with Crippen LogP contribution in [0.25, 0.3) is 0 Å². The van der Waals surface area contributed by atoms with Crippen molar-refractivity contribution < 1.29 is 9.21 Å². The fraction of sp³-hybridized carbons (Fsp3) is 0.263. The number of carbonyl (C=O) groups is 1. The molecule has 1 amide bonds. The number of benzene rings is 1. The molecule has 0 radical (unpaired) electrons. The van der Waals surface area contributed by atoms with Crippen molar-refractivity contribution in [2.75, 3.05) is 0 Å². The molecular weight excluding hydrogens is 302 g/mol. The minimum Gasteiger partial charge on any atom is -0.472 e. The fourth-order valence-electron chi connectivity index (χ4n) is 3.30. The lowest BCUT2D eigenvalue weighted by atomic mass is 9.92. The van der Waals surface area contributed by atoms with Gasteiger partial charge >= 0.3 is 0 Å². The minimum atomic E-state index is -0.0996. The Morgan fingerprint density at radius 1 is 1.29 bits per heavy atom. The Balaban J connectivity index is 1.54.